The number of halogens is 2. The summed E-state index contributed by atoms with van der Waals surface area (Å²) in [5.41, 5.74) is 5.92. The first kappa shape index (κ1) is 10.5. The van der Waals surface area contributed by atoms with Crippen molar-refractivity contribution in [2.75, 3.05) is 0 Å². The van der Waals surface area contributed by atoms with Crippen LogP contribution in [0.25, 0.3) is 0 Å². The molecule has 1 nitrogen and oxygen atoms in total. The van der Waals surface area contributed by atoms with Crippen molar-refractivity contribution in [2.24, 2.45) is 5.73 Å². The number of nitrogens with two attached hydrogens (primary N) is 1. The molecule has 0 aromatic carbocycles. The molecule has 0 radical (unpaired) electrons. The summed E-state index contributed by atoms with van der Waals surface area (Å²) in [4.78, 5) is 1.16. The van der Waals surface area contributed by atoms with Gasteiger partial charge in [0.15, 0.2) is 0 Å². The largest absolute Gasteiger partial charge is 0.323 e. The summed E-state index contributed by atoms with van der Waals surface area (Å²) in [7, 11) is 0. The van der Waals surface area contributed by atoms with E-state index >= 15 is 0 Å². The van der Waals surface area contributed by atoms with Gasteiger partial charge in [-0.15, -0.1) is 11.3 Å². The van der Waals surface area contributed by atoms with E-state index in [1.165, 1.54) is 0 Å². The molecular weight excluding hydrogens is 258 g/mol. The number of hydrogen-bond donors (Lipinski definition) is 1. The molecule has 1 unspecified atom stereocenters. The van der Waals surface area contributed by atoms with Crippen LogP contribution in [-0.2, 0) is 0 Å². The lowest BCUT2D eigenvalue weighted by Gasteiger charge is -2.05. The maximum atomic E-state index is 5.92. The lowest BCUT2D eigenvalue weighted by Crippen LogP contribution is -2.07. The molecule has 1 atom stereocenters. The lowest BCUT2D eigenvalue weighted by atomic mass is 10.1. The zero-order valence-corrected chi connectivity index (χ0v) is 9.97. The molecule has 0 saturated heterocycles. The van der Waals surface area contributed by atoms with Crippen LogP contribution in [0.4, 0.5) is 0 Å². The van der Waals surface area contributed by atoms with Gasteiger partial charge in [0.2, 0.25) is 0 Å². The minimum atomic E-state index is 0.142. The van der Waals surface area contributed by atoms with Crippen LogP contribution in [0.15, 0.2) is 10.5 Å². The topological polar surface area (TPSA) is 26.0 Å². The fourth-order valence-electron chi connectivity index (χ4n) is 0.999. The summed E-state index contributed by atoms with van der Waals surface area (Å²) in [5.74, 6) is 0. The minimum absolute atomic E-state index is 0.142. The molecule has 2 N–H and O–H groups in total. The molecular formula is C8H11BrClNS. The van der Waals surface area contributed by atoms with Crippen molar-refractivity contribution >= 4 is 38.9 Å². The second-order valence-corrected chi connectivity index (χ2v) is 5.21. The Morgan fingerprint density at radius 3 is 2.83 bits per heavy atom. The molecule has 0 saturated carbocycles. The third kappa shape index (κ3) is 2.46. The normalized spacial score (nSPS) is 13.3. The summed E-state index contributed by atoms with van der Waals surface area (Å²) in [6.07, 6.45) is 2.12. The van der Waals surface area contributed by atoms with E-state index in [0.29, 0.717) is 0 Å². The molecule has 1 rings (SSSR count). The predicted octanol–water partition coefficient (Wildman–Crippen LogP) is 3.96. The van der Waals surface area contributed by atoms with E-state index in [0.717, 1.165) is 26.5 Å². The molecule has 1 heterocycles. The predicted molar refractivity (Wildman–Crippen MR) is 58.9 cm³/mol. The Balaban J connectivity index is 2.74. The van der Waals surface area contributed by atoms with Crippen molar-refractivity contribution in [1.82, 2.24) is 0 Å². The zero-order valence-electron chi connectivity index (χ0n) is 6.81. The van der Waals surface area contributed by atoms with Crippen molar-refractivity contribution in [2.45, 2.75) is 25.8 Å². The Morgan fingerprint density at radius 2 is 2.42 bits per heavy atom. The molecule has 1 aromatic rings. The van der Waals surface area contributed by atoms with Gasteiger partial charge in [0, 0.05) is 15.4 Å². The van der Waals surface area contributed by atoms with Gasteiger partial charge in [-0.25, -0.2) is 0 Å². The molecule has 68 valence electrons. The van der Waals surface area contributed by atoms with Gasteiger partial charge in [-0.05, 0) is 28.4 Å². The second-order valence-electron chi connectivity index (χ2n) is 2.67. The third-order valence-electron chi connectivity index (χ3n) is 1.63. The Labute approximate surface area is 90.0 Å². The van der Waals surface area contributed by atoms with Crippen molar-refractivity contribution < 1.29 is 0 Å². The van der Waals surface area contributed by atoms with Crippen molar-refractivity contribution in [1.29, 1.82) is 0 Å². The monoisotopic (exact) mass is 267 g/mol. The van der Waals surface area contributed by atoms with Crippen LogP contribution in [0.5, 0.6) is 0 Å². The fourth-order valence-corrected chi connectivity index (χ4v) is 2.77. The van der Waals surface area contributed by atoms with Gasteiger partial charge in [0.1, 0.15) is 4.34 Å². The van der Waals surface area contributed by atoms with E-state index in [2.05, 4.69) is 22.9 Å². The first-order valence-corrected chi connectivity index (χ1v) is 5.84. The van der Waals surface area contributed by atoms with Crippen LogP contribution in [0.2, 0.25) is 4.34 Å². The molecule has 0 aliphatic heterocycles. The number of thiophene rings is 1. The van der Waals surface area contributed by atoms with Gasteiger partial charge in [-0.2, -0.15) is 0 Å². The highest BCUT2D eigenvalue weighted by atomic mass is 79.9. The SMILES string of the molecule is CCCC(N)c1cc(Br)c(Cl)s1. The highest BCUT2D eigenvalue weighted by molar-refractivity contribution is 9.10. The summed E-state index contributed by atoms with van der Waals surface area (Å²) in [5, 5.41) is 0. The Morgan fingerprint density at radius 1 is 1.75 bits per heavy atom. The molecule has 4 heteroatoms. The van der Waals surface area contributed by atoms with Crippen LogP contribution in [0.3, 0.4) is 0 Å². The van der Waals surface area contributed by atoms with Crippen molar-refractivity contribution in [3.8, 4) is 0 Å². The standard InChI is InChI=1S/C8H11BrClNS/c1-2-3-6(11)7-4-5(9)8(10)12-7/h4,6H,2-3,11H2,1H3. The summed E-state index contributed by atoms with van der Waals surface area (Å²) in [6, 6.07) is 2.15. The van der Waals surface area contributed by atoms with Crippen LogP contribution < -0.4 is 5.73 Å². The van der Waals surface area contributed by atoms with Gasteiger partial charge in [-0.3, -0.25) is 0 Å². The second kappa shape index (κ2) is 4.61. The molecule has 12 heavy (non-hydrogen) atoms. The van der Waals surface area contributed by atoms with E-state index in [4.69, 9.17) is 17.3 Å². The summed E-state index contributed by atoms with van der Waals surface area (Å²) >= 11 is 10.8. The van der Waals surface area contributed by atoms with Gasteiger partial charge < -0.3 is 5.73 Å². The van der Waals surface area contributed by atoms with E-state index in [1.807, 2.05) is 6.07 Å². The minimum Gasteiger partial charge on any atom is -0.323 e. The molecule has 0 spiro atoms. The molecule has 1 aromatic heterocycles. The molecule has 0 aliphatic rings. The maximum absolute atomic E-state index is 5.92. The molecule has 0 aliphatic carbocycles. The number of rotatable bonds is 3. The Kier molecular flexibility index (Phi) is 4.03. The van der Waals surface area contributed by atoms with E-state index < -0.39 is 0 Å². The lowest BCUT2D eigenvalue weighted by molar-refractivity contribution is 0.648. The average Bonchev–Trinajstić information content (AvgIpc) is 2.33. The Hall–Kier alpha value is 0.430. The zero-order chi connectivity index (χ0) is 9.14. The van der Waals surface area contributed by atoms with E-state index in [-0.39, 0.29) is 6.04 Å². The van der Waals surface area contributed by atoms with Gasteiger partial charge in [0.05, 0.1) is 0 Å². The van der Waals surface area contributed by atoms with Gasteiger partial charge >= 0.3 is 0 Å². The third-order valence-corrected chi connectivity index (χ3v) is 4.24. The quantitative estimate of drug-likeness (QED) is 0.882. The first-order valence-electron chi connectivity index (χ1n) is 3.85. The highest BCUT2D eigenvalue weighted by Crippen LogP contribution is 2.35. The average molecular weight is 269 g/mol. The number of hydrogen-bond acceptors (Lipinski definition) is 2. The maximum Gasteiger partial charge on any atom is 0.107 e. The van der Waals surface area contributed by atoms with Crippen LogP contribution in [0.1, 0.15) is 30.7 Å². The highest BCUT2D eigenvalue weighted by Gasteiger charge is 2.10. The summed E-state index contributed by atoms with van der Waals surface area (Å²) in [6.45, 7) is 2.13. The molecule has 0 amide bonds. The Bertz CT molecular complexity index is 242. The first-order chi connectivity index (χ1) is 5.65. The van der Waals surface area contributed by atoms with Gasteiger partial charge in [-0.1, -0.05) is 24.9 Å². The van der Waals surface area contributed by atoms with Crippen molar-refractivity contribution in [3.05, 3.63) is 19.8 Å². The molecule has 0 bridgehead atoms. The van der Waals surface area contributed by atoms with Crippen molar-refractivity contribution in [3.63, 3.8) is 0 Å². The van der Waals surface area contributed by atoms with Crippen LogP contribution in [0, 0.1) is 0 Å². The fraction of sp³-hybridized carbons (Fsp3) is 0.500. The van der Waals surface area contributed by atoms with Gasteiger partial charge in [0.25, 0.3) is 0 Å². The van der Waals surface area contributed by atoms with E-state index in [1.54, 1.807) is 11.3 Å². The molecule has 0 fully saturated rings. The smallest absolute Gasteiger partial charge is 0.107 e. The summed E-state index contributed by atoms with van der Waals surface area (Å²) < 4.78 is 1.74. The van der Waals surface area contributed by atoms with E-state index in [9.17, 15) is 0 Å². The van der Waals surface area contributed by atoms with Crippen LogP contribution >= 0.6 is 38.9 Å². The van der Waals surface area contributed by atoms with Crippen LogP contribution in [-0.4, -0.2) is 0 Å².